The zero-order chi connectivity index (χ0) is 27.0. The Kier molecular flexibility index (Phi) is 9.72. The van der Waals surface area contributed by atoms with E-state index in [0.29, 0.717) is 17.3 Å². The fraction of sp³-hybridized carbons (Fsp3) is 0.286. The summed E-state index contributed by atoms with van der Waals surface area (Å²) in [6.07, 6.45) is 0.754. The van der Waals surface area contributed by atoms with E-state index in [0.717, 1.165) is 21.9 Å². The van der Waals surface area contributed by atoms with Crippen LogP contribution in [0.3, 0.4) is 0 Å². The number of carbonyl (C=O) groups is 2. The van der Waals surface area contributed by atoms with E-state index in [1.54, 1.807) is 49.4 Å². The number of nitrogens with one attached hydrogen (secondary N) is 1. The topological polar surface area (TPSA) is 86.8 Å². The Morgan fingerprint density at radius 3 is 2.16 bits per heavy atom. The van der Waals surface area contributed by atoms with Crippen LogP contribution in [0.5, 0.6) is 0 Å². The standard InChI is InChI=1S/C28H32ClN3O4S/c1-4-18-30-28(34)22(3)31(19-23-12-10-21(2)11-13-23)27(33)20-32(25-16-14-24(29)15-17-25)37(35,36)26-8-6-5-7-9-26/h5-17,22H,4,18-20H2,1-3H3,(H,30,34). The van der Waals surface area contributed by atoms with Gasteiger partial charge in [0.1, 0.15) is 12.6 Å². The monoisotopic (exact) mass is 541 g/mol. The van der Waals surface area contributed by atoms with Crippen molar-refractivity contribution in [3.05, 3.63) is 95.0 Å². The molecule has 0 aliphatic rings. The van der Waals surface area contributed by atoms with Gasteiger partial charge in [-0.1, -0.05) is 66.6 Å². The first kappa shape index (κ1) is 28.2. The van der Waals surface area contributed by atoms with Gasteiger partial charge >= 0.3 is 0 Å². The van der Waals surface area contributed by atoms with Crippen molar-refractivity contribution in [3.8, 4) is 0 Å². The lowest BCUT2D eigenvalue weighted by atomic mass is 10.1. The molecule has 1 atom stereocenters. The molecule has 37 heavy (non-hydrogen) atoms. The normalized spacial score (nSPS) is 12.0. The minimum Gasteiger partial charge on any atom is -0.354 e. The molecule has 3 aromatic rings. The first-order valence-electron chi connectivity index (χ1n) is 12.1. The molecule has 0 radical (unpaired) electrons. The van der Waals surface area contributed by atoms with Crippen LogP contribution in [-0.4, -0.2) is 44.3 Å². The first-order valence-corrected chi connectivity index (χ1v) is 13.9. The van der Waals surface area contributed by atoms with Crippen LogP contribution in [-0.2, 0) is 26.2 Å². The molecule has 3 aromatic carbocycles. The average molecular weight is 542 g/mol. The van der Waals surface area contributed by atoms with E-state index < -0.39 is 28.5 Å². The molecule has 7 nitrogen and oxygen atoms in total. The van der Waals surface area contributed by atoms with Gasteiger partial charge in [0, 0.05) is 18.1 Å². The summed E-state index contributed by atoms with van der Waals surface area (Å²) < 4.78 is 28.4. The highest BCUT2D eigenvalue weighted by Gasteiger charge is 2.32. The van der Waals surface area contributed by atoms with Crippen molar-refractivity contribution < 1.29 is 18.0 Å². The molecule has 0 fully saturated rings. The van der Waals surface area contributed by atoms with Crippen molar-refractivity contribution in [2.75, 3.05) is 17.4 Å². The number of rotatable bonds is 11. The lowest BCUT2D eigenvalue weighted by Gasteiger charge is -2.32. The van der Waals surface area contributed by atoms with Crippen molar-refractivity contribution in [1.29, 1.82) is 0 Å². The summed E-state index contributed by atoms with van der Waals surface area (Å²) in [5, 5.41) is 3.27. The predicted molar refractivity (Wildman–Crippen MR) is 147 cm³/mol. The summed E-state index contributed by atoms with van der Waals surface area (Å²) in [6, 6.07) is 21.0. The molecule has 196 valence electrons. The van der Waals surface area contributed by atoms with E-state index in [4.69, 9.17) is 11.6 Å². The zero-order valence-corrected chi connectivity index (χ0v) is 22.8. The fourth-order valence-electron chi connectivity index (χ4n) is 3.72. The minimum atomic E-state index is -4.09. The number of carbonyl (C=O) groups excluding carboxylic acids is 2. The van der Waals surface area contributed by atoms with Crippen LogP contribution in [0, 0.1) is 6.92 Å². The Morgan fingerprint density at radius 1 is 0.946 bits per heavy atom. The van der Waals surface area contributed by atoms with Crippen molar-refractivity contribution in [2.24, 2.45) is 0 Å². The molecule has 1 unspecified atom stereocenters. The van der Waals surface area contributed by atoms with Gasteiger partial charge in [-0.2, -0.15) is 0 Å². The van der Waals surface area contributed by atoms with Crippen LogP contribution in [0.2, 0.25) is 5.02 Å². The molecule has 0 aromatic heterocycles. The van der Waals surface area contributed by atoms with Crippen LogP contribution in [0.25, 0.3) is 0 Å². The van der Waals surface area contributed by atoms with Gasteiger partial charge in [-0.05, 0) is 62.2 Å². The molecule has 0 aliphatic heterocycles. The summed E-state index contributed by atoms with van der Waals surface area (Å²) in [6.45, 7) is 5.70. The number of aryl methyl sites for hydroxylation is 1. The quantitative estimate of drug-likeness (QED) is 0.378. The summed E-state index contributed by atoms with van der Waals surface area (Å²) in [5.41, 5.74) is 2.19. The second kappa shape index (κ2) is 12.7. The van der Waals surface area contributed by atoms with Crippen molar-refractivity contribution in [1.82, 2.24) is 10.2 Å². The maximum atomic E-state index is 13.8. The van der Waals surface area contributed by atoms with Crippen molar-refractivity contribution in [2.45, 2.75) is 44.7 Å². The maximum absolute atomic E-state index is 13.8. The number of hydrogen-bond donors (Lipinski definition) is 1. The first-order chi connectivity index (χ1) is 17.6. The Morgan fingerprint density at radius 2 is 1.57 bits per heavy atom. The van der Waals surface area contributed by atoms with E-state index in [1.807, 2.05) is 38.1 Å². The molecule has 0 saturated carbocycles. The zero-order valence-electron chi connectivity index (χ0n) is 21.2. The second-order valence-electron chi connectivity index (χ2n) is 8.78. The Hall–Kier alpha value is -3.36. The third-order valence-corrected chi connectivity index (χ3v) is 7.95. The van der Waals surface area contributed by atoms with Gasteiger partial charge in [-0.25, -0.2) is 8.42 Å². The Bertz CT molecular complexity index is 1300. The molecule has 0 heterocycles. The Labute approximate surface area is 224 Å². The van der Waals surface area contributed by atoms with Gasteiger partial charge in [0.15, 0.2) is 0 Å². The van der Waals surface area contributed by atoms with Gasteiger partial charge in [-0.15, -0.1) is 0 Å². The van der Waals surface area contributed by atoms with E-state index >= 15 is 0 Å². The average Bonchev–Trinajstić information content (AvgIpc) is 2.90. The minimum absolute atomic E-state index is 0.0524. The molecule has 0 saturated heterocycles. The number of benzene rings is 3. The van der Waals surface area contributed by atoms with Gasteiger partial charge in [0.25, 0.3) is 10.0 Å². The van der Waals surface area contributed by atoms with Gasteiger partial charge in [0.05, 0.1) is 10.6 Å². The van der Waals surface area contributed by atoms with Crippen molar-refractivity contribution in [3.63, 3.8) is 0 Å². The molecule has 0 aliphatic carbocycles. The molecular weight excluding hydrogens is 510 g/mol. The largest absolute Gasteiger partial charge is 0.354 e. The van der Waals surface area contributed by atoms with Crippen LogP contribution in [0.4, 0.5) is 5.69 Å². The highest BCUT2D eigenvalue weighted by molar-refractivity contribution is 7.92. The molecule has 0 bridgehead atoms. The van der Waals surface area contributed by atoms with E-state index in [9.17, 15) is 18.0 Å². The lowest BCUT2D eigenvalue weighted by molar-refractivity contribution is -0.139. The summed E-state index contributed by atoms with van der Waals surface area (Å²) in [5.74, 6) is -0.805. The lowest BCUT2D eigenvalue weighted by Crippen LogP contribution is -2.51. The molecule has 2 amide bonds. The van der Waals surface area contributed by atoms with E-state index in [-0.39, 0.29) is 17.3 Å². The summed E-state index contributed by atoms with van der Waals surface area (Å²) in [4.78, 5) is 28.1. The third kappa shape index (κ3) is 7.33. The smallest absolute Gasteiger partial charge is 0.264 e. The van der Waals surface area contributed by atoms with Gasteiger partial charge in [-0.3, -0.25) is 13.9 Å². The Balaban J connectivity index is 1.99. The molecule has 3 rings (SSSR count). The number of halogens is 1. The van der Waals surface area contributed by atoms with Crippen LogP contribution in [0.15, 0.2) is 83.8 Å². The summed E-state index contributed by atoms with van der Waals surface area (Å²) in [7, 11) is -4.09. The van der Waals surface area contributed by atoms with E-state index in [1.165, 1.54) is 17.0 Å². The molecule has 0 spiro atoms. The molecule has 1 N–H and O–H groups in total. The number of hydrogen-bond acceptors (Lipinski definition) is 4. The van der Waals surface area contributed by atoms with E-state index in [2.05, 4.69) is 5.32 Å². The van der Waals surface area contributed by atoms with Crippen LogP contribution >= 0.6 is 11.6 Å². The van der Waals surface area contributed by atoms with Crippen LogP contribution in [0.1, 0.15) is 31.4 Å². The molecular formula is C28H32ClN3O4S. The number of amides is 2. The fourth-order valence-corrected chi connectivity index (χ4v) is 5.29. The molecule has 9 heteroatoms. The third-order valence-electron chi connectivity index (χ3n) is 5.91. The second-order valence-corrected chi connectivity index (χ2v) is 11.1. The highest BCUT2D eigenvalue weighted by Crippen LogP contribution is 2.26. The van der Waals surface area contributed by atoms with Crippen molar-refractivity contribution >= 4 is 39.1 Å². The number of nitrogens with zero attached hydrogens (tertiary/aromatic N) is 2. The summed E-state index contributed by atoms with van der Waals surface area (Å²) >= 11 is 6.04. The SMILES string of the molecule is CCCNC(=O)C(C)N(Cc1ccc(C)cc1)C(=O)CN(c1ccc(Cl)cc1)S(=O)(=O)c1ccccc1. The predicted octanol–water partition coefficient (Wildman–Crippen LogP) is 4.79. The van der Waals surface area contributed by atoms with Gasteiger partial charge < -0.3 is 10.2 Å². The highest BCUT2D eigenvalue weighted by atomic mass is 35.5. The van der Waals surface area contributed by atoms with Crippen LogP contribution < -0.4 is 9.62 Å². The maximum Gasteiger partial charge on any atom is 0.264 e. The number of anilines is 1. The van der Waals surface area contributed by atoms with Gasteiger partial charge in [0.2, 0.25) is 11.8 Å². The number of sulfonamides is 1.